The van der Waals surface area contributed by atoms with Crippen LogP contribution in [0.4, 0.5) is 0 Å². The normalized spacial score (nSPS) is 12.0. The van der Waals surface area contributed by atoms with Crippen LogP contribution in [0.15, 0.2) is 133 Å². The number of hydrogen-bond donors (Lipinski definition) is 0. The van der Waals surface area contributed by atoms with Crippen molar-refractivity contribution in [3.63, 3.8) is 0 Å². The Labute approximate surface area is 355 Å². The molecule has 0 aliphatic rings. The molecule has 8 rings (SSSR count). The van der Waals surface area contributed by atoms with Gasteiger partial charge in [-0.3, -0.25) is 0 Å². The van der Waals surface area contributed by atoms with Gasteiger partial charge in [-0.15, -0.1) is 0 Å². The van der Waals surface area contributed by atoms with Gasteiger partial charge in [-0.1, -0.05) is 191 Å². The van der Waals surface area contributed by atoms with Crippen molar-refractivity contribution in [3.05, 3.63) is 167 Å². The zero-order chi connectivity index (χ0) is 38.1. The quantitative estimate of drug-likeness (QED) is 0.156. The van der Waals surface area contributed by atoms with Crippen molar-refractivity contribution in [2.75, 3.05) is 0 Å². The number of benzene rings is 8. The van der Waals surface area contributed by atoms with Gasteiger partial charge in [-0.05, 0) is 133 Å². The Kier molecular flexibility index (Phi) is 10.3. The SMILES string of the molecule is Cc1ccc(-c2c3ccc(C)cc3c(-c3ccc(C)cc3)c3c(-c4ccc(C)cc4)c4ccc(C(C)(C)C)cc4c(-c4ccc(C(C)(C)C)cc4)c23)cc1.[2H-].[Y]. The molecule has 0 heterocycles. The van der Waals surface area contributed by atoms with Gasteiger partial charge in [-0.2, -0.15) is 0 Å². The van der Waals surface area contributed by atoms with Gasteiger partial charge in [0, 0.05) is 32.7 Å². The number of aryl methyl sites for hydroxylation is 4. The van der Waals surface area contributed by atoms with E-state index in [4.69, 9.17) is 0 Å². The van der Waals surface area contributed by atoms with E-state index in [1.807, 2.05) is 0 Å². The summed E-state index contributed by atoms with van der Waals surface area (Å²) in [6.45, 7) is 22.7. The van der Waals surface area contributed by atoms with Gasteiger partial charge in [0.05, 0.1) is 0 Å². The van der Waals surface area contributed by atoms with Gasteiger partial charge >= 0.3 is 0 Å². The first-order valence-corrected chi connectivity index (χ1v) is 19.5. The molecule has 0 unspecified atom stereocenters. The summed E-state index contributed by atoms with van der Waals surface area (Å²) in [4.78, 5) is 0. The molecular formula is C54H53Y-. The monoisotopic (exact) mass is 791 g/mol. The Balaban J connectivity index is 0.00000266. The second-order valence-electron chi connectivity index (χ2n) is 17.7. The summed E-state index contributed by atoms with van der Waals surface area (Å²) < 4.78 is 0. The van der Waals surface area contributed by atoms with Crippen LogP contribution in [0.1, 0.15) is 76.3 Å². The Morgan fingerprint density at radius 1 is 0.309 bits per heavy atom. The number of hydrogen-bond acceptors (Lipinski definition) is 0. The fraction of sp³-hybridized carbons (Fsp3) is 0.222. The molecule has 0 saturated carbocycles. The third-order valence-corrected chi connectivity index (χ3v) is 11.4. The van der Waals surface area contributed by atoms with Gasteiger partial charge in [0.1, 0.15) is 0 Å². The topological polar surface area (TPSA) is 0 Å². The molecule has 0 saturated heterocycles. The van der Waals surface area contributed by atoms with Crippen LogP contribution in [0.25, 0.3) is 76.8 Å². The molecule has 1 radical (unpaired) electrons. The molecule has 0 spiro atoms. The second kappa shape index (κ2) is 14.6. The van der Waals surface area contributed by atoms with Gasteiger partial charge in [0.15, 0.2) is 0 Å². The van der Waals surface area contributed by atoms with Gasteiger partial charge in [0.25, 0.3) is 0 Å². The Morgan fingerprint density at radius 3 is 0.982 bits per heavy atom. The molecule has 0 bridgehead atoms. The molecule has 8 aromatic rings. The Morgan fingerprint density at radius 2 is 0.600 bits per heavy atom. The van der Waals surface area contributed by atoms with E-state index in [0.717, 1.165) is 0 Å². The van der Waals surface area contributed by atoms with Crippen molar-refractivity contribution in [1.29, 1.82) is 0 Å². The molecule has 0 atom stereocenters. The molecule has 1 heteroatoms. The van der Waals surface area contributed by atoms with E-state index in [-0.39, 0.29) is 45.0 Å². The molecule has 0 nitrogen and oxygen atoms in total. The molecule has 55 heavy (non-hydrogen) atoms. The van der Waals surface area contributed by atoms with E-state index >= 15 is 0 Å². The fourth-order valence-electron chi connectivity index (χ4n) is 8.30. The fourth-order valence-corrected chi connectivity index (χ4v) is 8.30. The van der Waals surface area contributed by atoms with E-state index in [1.54, 1.807) is 0 Å². The third kappa shape index (κ3) is 7.14. The number of fused-ring (bicyclic) bond motifs is 3. The smallest absolute Gasteiger partial charge is 0 e. The van der Waals surface area contributed by atoms with Crippen molar-refractivity contribution in [3.8, 4) is 44.5 Å². The van der Waals surface area contributed by atoms with Crippen molar-refractivity contribution in [2.45, 2.75) is 80.1 Å². The first kappa shape index (κ1) is 38.9. The average molecular weight is 792 g/mol. The van der Waals surface area contributed by atoms with Crippen LogP contribution in [-0.4, -0.2) is 0 Å². The molecular weight excluding hydrogens is 738 g/mol. The van der Waals surface area contributed by atoms with Gasteiger partial charge in [0.2, 0.25) is 0 Å². The predicted octanol–water partition coefficient (Wildman–Crippen LogP) is 15.8. The Bertz CT molecular complexity index is 2700. The summed E-state index contributed by atoms with van der Waals surface area (Å²) in [6.07, 6.45) is 0. The Hall–Kier alpha value is -4.36. The molecule has 0 aliphatic heterocycles. The number of rotatable bonds is 4. The van der Waals surface area contributed by atoms with Crippen molar-refractivity contribution >= 4 is 32.3 Å². The van der Waals surface area contributed by atoms with Gasteiger partial charge < -0.3 is 1.43 Å². The summed E-state index contributed by atoms with van der Waals surface area (Å²) >= 11 is 0. The van der Waals surface area contributed by atoms with Crippen LogP contribution in [0, 0.1) is 27.7 Å². The van der Waals surface area contributed by atoms with Crippen LogP contribution >= 0.6 is 0 Å². The maximum Gasteiger partial charge on any atom is 0 e. The maximum absolute atomic E-state index is 2.50. The zero-order valence-electron chi connectivity index (χ0n) is 35.3. The predicted molar refractivity (Wildman–Crippen MR) is 238 cm³/mol. The van der Waals surface area contributed by atoms with Gasteiger partial charge in [-0.25, -0.2) is 0 Å². The summed E-state index contributed by atoms with van der Waals surface area (Å²) in [6, 6.07) is 51.5. The van der Waals surface area contributed by atoms with Crippen molar-refractivity contribution in [2.24, 2.45) is 0 Å². The minimum Gasteiger partial charge on any atom is -1.00 e. The first-order chi connectivity index (χ1) is 25.7. The standard InChI is InChI=1S/C54H52.Y.H/c1-33-11-18-37(19-12-33)47-43-29-17-36(4)31-45(43)49(39-22-15-35(3)16-23-39)51-48(38-20-13-34(2)14-21-38)44-30-28-42(54(8,9)10)32-46(44)50(52(47)51)40-24-26-41(27-25-40)53(5,6)7;;/h11-32H,1-10H3;;/q;;-1/i;;1+1. The largest absolute Gasteiger partial charge is 1.00 e. The van der Waals surface area contributed by atoms with Crippen LogP contribution in [-0.2, 0) is 43.5 Å². The van der Waals surface area contributed by atoms with E-state index in [1.165, 1.54) is 110 Å². The minimum absolute atomic E-state index is 0. The maximum atomic E-state index is 2.50. The van der Waals surface area contributed by atoms with Crippen LogP contribution in [0.5, 0.6) is 0 Å². The molecule has 0 aliphatic carbocycles. The van der Waals surface area contributed by atoms with Crippen molar-refractivity contribution < 1.29 is 34.1 Å². The molecule has 0 amide bonds. The zero-order valence-corrected chi connectivity index (χ0v) is 37.1. The summed E-state index contributed by atoms with van der Waals surface area (Å²) in [5.41, 5.74) is 17.9. The molecule has 0 aromatic heterocycles. The second-order valence-corrected chi connectivity index (χ2v) is 17.7. The summed E-state index contributed by atoms with van der Waals surface area (Å²) in [7, 11) is 0. The molecule has 0 fully saturated rings. The average Bonchev–Trinajstić information content (AvgIpc) is 3.13. The van der Waals surface area contributed by atoms with Crippen LogP contribution in [0.3, 0.4) is 0 Å². The summed E-state index contributed by atoms with van der Waals surface area (Å²) in [5, 5.41) is 7.76. The molecule has 273 valence electrons. The third-order valence-electron chi connectivity index (χ3n) is 11.4. The first-order valence-electron chi connectivity index (χ1n) is 19.5. The molecule has 8 aromatic carbocycles. The van der Waals surface area contributed by atoms with Crippen molar-refractivity contribution in [1.82, 2.24) is 0 Å². The van der Waals surface area contributed by atoms with Crippen LogP contribution in [0.2, 0.25) is 0 Å². The van der Waals surface area contributed by atoms with E-state index in [9.17, 15) is 0 Å². The van der Waals surface area contributed by atoms with Crippen LogP contribution < -0.4 is 0 Å². The van der Waals surface area contributed by atoms with E-state index in [0.29, 0.717) is 0 Å². The van der Waals surface area contributed by atoms with E-state index in [2.05, 4.69) is 203 Å². The van der Waals surface area contributed by atoms with E-state index < -0.39 is 0 Å². The molecule has 0 N–H and O–H groups in total. The summed E-state index contributed by atoms with van der Waals surface area (Å²) in [5.74, 6) is 0. The minimum atomic E-state index is -0.0196.